The molecule has 2 N–H and O–H groups in total. The van der Waals surface area contributed by atoms with Crippen molar-refractivity contribution >= 4 is 0 Å². The van der Waals surface area contributed by atoms with Gasteiger partial charge in [-0.1, -0.05) is 25.1 Å². The summed E-state index contributed by atoms with van der Waals surface area (Å²) in [6, 6.07) is 7.97. The number of benzene rings is 1. The highest BCUT2D eigenvalue weighted by Gasteiger charge is 2.03. The quantitative estimate of drug-likeness (QED) is 0.778. The van der Waals surface area contributed by atoms with E-state index in [0.29, 0.717) is 13.2 Å². The van der Waals surface area contributed by atoms with Crippen molar-refractivity contribution in [2.24, 2.45) is 5.73 Å². The molecule has 0 radical (unpaired) electrons. The predicted molar refractivity (Wildman–Crippen MR) is 60.9 cm³/mol. The van der Waals surface area contributed by atoms with Crippen molar-refractivity contribution in [2.75, 3.05) is 13.7 Å². The molecule has 1 aromatic rings. The van der Waals surface area contributed by atoms with Crippen molar-refractivity contribution in [1.29, 1.82) is 0 Å². The summed E-state index contributed by atoms with van der Waals surface area (Å²) < 4.78 is 10.7. The van der Waals surface area contributed by atoms with Gasteiger partial charge in [0, 0.05) is 11.6 Å². The van der Waals surface area contributed by atoms with Gasteiger partial charge in [-0.3, -0.25) is 0 Å². The molecule has 0 aliphatic rings. The highest BCUT2D eigenvalue weighted by Crippen LogP contribution is 2.17. The largest absolute Gasteiger partial charge is 0.496 e. The minimum absolute atomic E-state index is 0.125. The summed E-state index contributed by atoms with van der Waals surface area (Å²) in [5.41, 5.74) is 6.81. The van der Waals surface area contributed by atoms with E-state index in [1.165, 1.54) is 0 Å². The van der Waals surface area contributed by atoms with Crippen LogP contribution < -0.4 is 10.5 Å². The molecule has 0 amide bonds. The third-order valence-corrected chi connectivity index (χ3v) is 2.31. The Morgan fingerprint density at radius 1 is 1.33 bits per heavy atom. The Kier molecular flexibility index (Phi) is 5.15. The third kappa shape index (κ3) is 3.90. The molecule has 1 aromatic carbocycles. The zero-order valence-electron chi connectivity index (χ0n) is 9.40. The van der Waals surface area contributed by atoms with Gasteiger partial charge in [0.2, 0.25) is 0 Å². The van der Waals surface area contributed by atoms with Gasteiger partial charge in [-0.15, -0.1) is 0 Å². The van der Waals surface area contributed by atoms with E-state index in [2.05, 4.69) is 6.92 Å². The van der Waals surface area contributed by atoms with Crippen LogP contribution in [0.25, 0.3) is 0 Å². The van der Waals surface area contributed by atoms with Crippen molar-refractivity contribution in [1.82, 2.24) is 0 Å². The van der Waals surface area contributed by atoms with E-state index in [4.69, 9.17) is 15.2 Å². The number of nitrogens with two attached hydrogens (primary N) is 1. The van der Waals surface area contributed by atoms with Gasteiger partial charge in [-0.05, 0) is 12.5 Å². The van der Waals surface area contributed by atoms with Gasteiger partial charge >= 0.3 is 0 Å². The summed E-state index contributed by atoms with van der Waals surface area (Å²) in [6.07, 6.45) is 0.936. The molecule has 0 bridgehead atoms. The van der Waals surface area contributed by atoms with Crippen molar-refractivity contribution in [3.63, 3.8) is 0 Å². The molecule has 0 saturated heterocycles. The first-order valence-electron chi connectivity index (χ1n) is 5.23. The number of para-hydroxylation sites is 1. The first-order valence-corrected chi connectivity index (χ1v) is 5.23. The monoisotopic (exact) mass is 209 g/mol. The SMILES string of the molecule is CC[C@H](N)COCc1ccccc1OC. The zero-order valence-corrected chi connectivity index (χ0v) is 9.40. The van der Waals surface area contributed by atoms with E-state index in [0.717, 1.165) is 17.7 Å². The van der Waals surface area contributed by atoms with Crippen LogP contribution in [0.4, 0.5) is 0 Å². The Morgan fingerprint density at radius 2 is 2.07 bits per heavy atom. The van der Waals surface area contributed by atoms with Gasteiger partial charge in [-0.25, -0.2) is 0 Å². The number of hydrogen-bond acceptors (Lipinski definition) is 3. The van der Waals surface area contributed by atoms with E-state index in [9.17, 15) is 0 Å². The third-order valence-electron chi connectivity index (χ3n) is 2.31. The van der Waals surface area contributed by atoms with Gasteiger partial charge < -0.3 is 15.2 Å². The fourth-order valence-electron chi connectivity index (χ4n) is 1.26. The second-order valence-corrected chi connectivity index (χ2v) is 3.50. The second kappa shape index (κ2) is 6.43. The van der Waals surface area contributed by atoms with E-state index >= 15 is 0 Å². The summed E-state index contributed by atoms with van der Waals surface area (Å²) in [5.74, 6) is 0.863. The summed E-state index contributed by atoms with van der Waals surface area (Å²) in [7, 11) is 1.66. The summed E-state index contributed by atoms with van der Waals surface area (Å²) in [6.45, 7) is 3.20. The molecule has 1 atom stereocenters. The second-order valence-electron chi connectivity index (χ2n) is 3.50. The molecule has 0 unspecified atom stereocenters. The summed E-state index contributed by atoms with van der Waals surface area (Å²) >= 11 is 0. The highest BCUT2D eigenvalue weighted by molar-refractivity contribution is 5.32. The molecule has 0 heterocycles. The average molecular weight is 209 g/mol. The highest BCUT2D eigenvalue weighted by atomic mass is 16.5. The molecule has 84 valence electrons. The van der Waals surface area contributed by atoms with Crippen LogP contribution in [0.1, 0.15) is 18.9 Å². The molecule has 0 spiro atoms. The van der Waals surface area contributed by atoms with Gasteiger partial charge in [0.05, 0.1) is 20.3 Å². The minimum Gasteiger partial charge on any atom is -0.496 e. The molecule has 1 rings (SSSR count). The molecule has 0 aliphatic carbocycles. The Labute approximate surface area is 91.2 Å². The minimum atomic E-state index is 0.125. The Bertz CT molecular complexity index is 289. The van der Waals surface area contributed by atoms with Crippen molar-refractivity contribution in [3.05, 3.63) is 29.8 Å². The molecule has 0 fully saturated rings. The van der Waals surface area contributed by atoms with Gasteiger partial charge in [0.15, 0.2) is 0 Å². The van der Waals surface area contributed by atoms with E-state index in [1.807, 2.05) is 24.3 Å². The fraction of sp³-hybridized carbons (Fsp3) is 0.500. The Morgan fingerprint density at radius 3 is 2.73 bits per heavy atom. The van der Waals surface area contributed by atoms with Crippen LogP contribution in [0.5, 0.6) is 5.75 Å². The summed E-state index contributed by atoms with van der Waals surface area (Å²) in [4.78, 5) is 0. The maximum Gasteiger partial charge on any atom is 0.124 e. The van der Waals surface area contributed by atoms with Gasteiger partial charge in [0.1, 0.15) is 5.75 Å². The van der Waals surface area contributed by atoms with Crippen molar-refractivity contribution in [3.8, 4) is 5.75 Å². The predicted octanol–water partition coefficient (Wildman–Crippen LogP) is 1.95. The van der Waals surface area contributed by atoms with Gasteiger partial charge in [0.25, 0.3) is 0 Å². The molecule has 15 heavy (non-hydrogen) atoms. The zero-order chi connectivity index (χ0) is 11.1. The fourth-order valence-corrected chi connectivity index (χ4v) is 1.26. The molecule has 3 nitrogen and oxygen atoms in total. The van der Waals surface area contributed by atoms with Crippen LogP contribution >= 0.6 is 0 Å². The molecule has 3 heteroatoms. The number of ether oxygens (including phenoxy) is 2. The van der Waals surface area contributed by atoms with Crippen molar-refractivity contribution < 1.29 is 9.47 Å². The first-order chi connectivity index (χ1) is 7.27. The molecule has 0 aliphatic heterocycles. The maximum atomic E-state index is 5.75. The van der Waals surface area contributed by atoms with Crippen LogP contribution in [0.3, 0.4) is 0 Å². The molecule has 0 saturated carbocycles. The normalized spacial score (nSPS) is 12.5. The lowest BCUT2D eigenvalue weighted by molar-refractivity contribution is 0.105. The van der Waals surface area contributed by atoms with Crippen LogP contribution in [-0.4, -0.2) is 19.8 Å². The maximum absolute atomic E-state index is 5.75. The van der Waals surface area contributed by atoms with Crippen LogP contribution in [0.15, 0.2) is 24.3 Å². The van der Waals surface area contributed by atoms with Crippen LogP contribution in [-0.2, 0) is 11.3 Å². The topological polar surface area (TPSA) is 44.5 Å². The lowest BCUT2D eigenvalue weighted by Crippen LogP contribution is -2.24. The van der Waals surface area contributed by atoms with Crippen molar-refractivity contribution in [2.45, 2.75) is 26.0 Å². The van der Waals surface area contributed by atoms with Crippen LogP contribution in [0, 0.1) is 0 Å². The van der Waals surface area contributed by atoms with E-state index < -0.39 is 0 Å². The first kappa shape index (κ1) is 12.0. The standard InChI is InChI=1S/C12H19NO2/c1-3-11(13)9-15-8-10-6-4-5-7-12(10)14-2/h4-7,11H,3,8-9,13H2,1-2H3/t11-/m0/s1. The molecule has 0 aromatic heterocycles. The number of methoxy groups -OCH3 is 1. The van der Waals surface area contributed by atoms with E-state index in [-0.39, 0.29) is 6.04 Å². The smallest absolute Gasteiger partial charge is 0.124 e. The Hall–Kier alpha value is -1.06. The molecular formula is C12H19NO2. The number of hydrogen-bond donors (Lipinski definition) is 1. The van der Waals surface area contributed by atoms with Gasteiger partial charge in [-0.2, -0.15) is 0 Å². The average Bonchev–Trinajstić information content (AvgIpc) is 2.29. The van der Waals surface area contributed by atoms with E-state index in [1.54, 1.807) is 7.11 Å². The lowest BCUT2D eigenvalue weighted by atomic mass is 10.2. The Balaban J connectivity index is 2.43. The lowest BCUT2D eigenvalue weighted by Gasteiger charge is -2.11. The number of rotatable bonds is 6. The summed E-state index contributed by atoms with van der Waals surface area (Å²) in [5, 5.41) is 0. The van der Waals surface area contributed by atoms with Crippen LogP contribution in [0.2, 0.25) is 0 Å². The molecular weight excluding hydrogens is 190 g/mol.